The van der Waals surface area contributed by atoms with Gasteiger partial charge in [0, 0.05) is 29.2 Å². The van der Waals surface area contributed by atoms with Crippen molar-refractivity contribution < 1.29 is 5.21 Å². The molecule has 7 nitrogen and oxygen atoms in total. The Balaban J connectivity index is 1.55. The molecule has 0 atom stereocenters. The van der Waals surface area contributed by atoms with E-state index in [-0.39, 0.29) is 5.84 Å². The molecule has 1 fully saturated rings. The fourth-order valence-corrected chi connectivity index (χ4v) is 3.96. The molecule has 0 radical (unpaired) electrons. The van der Waals surface area contributed by atoms with Crippen LogP contribution in [0.3, 0.4) is 0 Å². The number of hydroxylamine groups is 1. The molecule has 146 valence electrons. The lowest BCUT2D eigenvalue weighted by atomic mass is 10.1. The third kappa shape index (κ3) is 4.09. The van der Waals surface area contributed by atoms with E-state index < -0.39 is 0 Å². The number of imidazole rings is 1. The van der Waals surface area contributed by atoms with Crippen molar-refractivity contribution in [2.24, 2.45) is 0 Å². The molecule has 3 N–H and O–H groups in total. The topological polar surface area (TPSA) is 92.1 Å². The minimum Gasteiger partial charge on any atom is -0.340 e. The van der Waals surface area contributed by atoms with Gasteiger partial charge in [-0.15, -0.1) is 0 Å². The summed E-state index contributed by atoms with van der Waals surface area (Å²) in [5.41, 5.74) is 2.31. The van der Waals surface area contributed by atoms with Crippen molar-refractivity contribution in [3.8, 4) is 0 Å². The Hall–Kier alpha value is -2.29. The van der Waals surface area contributed by atoms with E-state index in [1.807, 2.05) is 12.1 Å². The van der Waals surface area contributed by atoms with E-state index >= 15 is 0 Å². The summed E-state index contributed by atoms with van der Waals surface area (Å²) in [4.78, 5) is 14.7. The Bertz CT molecular complexity index is 982. The lowest BCUT2D eigenvalue weighted by Crippen LogP contribution is -2.31. The van der Waals surface area contributed by atoms with Crippen molar-refractivity contribution in [1.82, 2.24) is 19.9 Å². The Kier molecular flexibility index (Phi) is 5.70. The van der Waals surface area contributed by atoms with Gasteiger partial charge in [-0.3, -0.25) is 10.6 Å². The molecule has 1 aliphatic rings. The van der Waals surface area contributed by atoms with E-state index in [2.05, 4.69) is 35.8 Å². The standard InChI is InChI=1S/C20H23BrN6O/c21-14-5-4-6-15(13-14)27(28)19(22)16-7-9-23-20-18(16)24-17(25-20)8-12-26-10-2-1-3-11-26/h4-7,9,13,22,28H,1-3,8,10-12H2,(H,23,24,25). The SMILES string of the molecule is N=C(c1ccnc2nc(CCN3CCCCC3)[nH]c12)N(O)c1cccc(Br)c1. The zero-order valence-corrected chi connectivity index (χ0v) is 17.1. The van der Waals surface area contributed by atoms with E-state index in [1.54, 1.807) is 24.4 Å². The summed E-state index contributed by atoms with van der Waals surface area (Å²) in [6.07, 6.45) is 6.30. The average molecular weight is 443 g/mol. The molecule has 0 amide bonds. The molecule has 1 saturated heterocycles. The number of amidine groups is 1. The van der Waals surface area contributed by atoms with Crippen molar-refractivity contribution in [3.63, 3.8) is 0 Å². The van der Waals surface area contributed by atoms with Crippen molar-refractivity contribution in [1.29, 1.82) is 5.41 Å². The predicted octanol–water partition coefficient (Wildman–Crippen LogP) is 3.97. The normalized spacial score (nSPS) is 15.1. The Morgan fingerprint density at radius 3 is 2.86 bits per heavy atom. The van der Waals surface area contributed by atoms with E-state index in [4.69, 9.17) is 5.41 Å². The Morgan fingerprint density at radius 1 is 1.25 bits per heavy atom. The van der Waals surface area contributed by atoms with Crippen LogP contribution in [-0.4, -0.2) is 50.5 Å². The van der Waals surface area contributed by atoms with Crippen molar-refractivity contribution in [2.75, 3.05) is 24.7 Å². The number of rotatable bonds is 5. The van der Waals surface area contributed by atoms with Gasteiger partial charge in [0.2, 0.25) is 0 Å². The van der Waals surface area contributed by atoms with Gasteiger partial charge in [-0.1, -0.05) is 28.4 Å². The van der Waals surface area contributed by atoms with Gasteiger partial charge >= 0.3 is 0 Å². The largest absolute Gasteiger partial charge is 0.340 e. The Morgan fingerprint density at radius 2 is 2.07 bits per heavy atom. The second-order valence-corrected chi connectivity index (χ2v) is 7.95. The molecule has 0 unspecified atom stereocenters. The maximum absolute atomic E-state index is 10.5. The van der Waals surface area contributed by atoms with E-state index in [9.17, 15) is 5.21 Å². The van der Waals surface area contributed by atoms with Crippen LogP contribution < -0.4 is 5.06 Å². The van der Waals surface area contributed by atoms with Crippen LogP contribution in [0.15, 0.2) is 41.0 Å². The highest BCUT2D eigenvalue weighted by molar-refractivity contribution is 9.10. The molecule has 3 aromatic rings. The van der Waals surface area contributed by atoms with Gasteiger partial charge < -0.3 is 9.88 Å². The highest BCUT2D eigenvalue weighted by atomic mass is 79.9. The quantitative estimate of drug-likeness (QED) is 0.315. The number of aromatic amines is 1. The number of H-pyrrole nitrogens is 1. The molecule has 2 aromatic heterocycles. The lowest BCUT2D eigenvalue weighted by molar-refractivity contribution is 0.230. The van der Waals surface area contributed by atoms with Crippen LogP contribution in [0.1, 0.15) is 30.7 Å². The monoisotopic (exact) mass is 442 g/mol. The first-order chi connectivity index (χ1) is 13.6. The number of anilines is 1. The van der Waals surface area contributed by atoms with Crippen LogP contribution >= 0.6 is 15.9 Å². The number of nitrogens with zero attached hydrogens (tertiary/aromatic N) is 4. The number of nitrogens with one attached hydrogen (secondary N) is 2. The second kappa shape index (κ2) is 8.38. The molecule has 8 heteroatoms. The summed E-state index contributed by atoms with van der Waals surface area (Å²) in [6, 6.07) is 8.90. The van der Waals surface area contributed by atoms with Gasteiger partial charge in [0.15, 0.2) is 11.5 Å². The molecular weight excluding hydrogens is 420 g/mol. The average Bonchev–Trinajstić information content (AvgIpc) is 3.15. The summed E-state index contributed by atoms with van der Waals surface area (Å²) >= 11 is 3.39. The van der Waals surface area contributed by atoms with Gasteiger partial charge in [-0.2, -0.15) is 0 Å². The number of piperidine rings is 1. The maximum Gasteiger partial charge on any atom is 0.178 e. The number of hydrogen-bond donors (Lipinski definition) is 3. The number of halogens is 1. The minimum absolute atomic E-state index is 0.0308. The van der Waals surface area contributed by atoms with Gasteiger partial charge in [0.1, 0.15) is 5.82 Å². The molecule has 28 heavy (non-hydrogen) atoms. The van der Waals surface area contributed by atoms with Crippen molar-refractivity contribution in [2.45, 2.75) is 25.7 Å². The number of hydrogen-bond acceptors (Lipinski definition) is 5. The van der Waals surface area contributed by atoms with Crippen LogP contribution in [-0.2, 0) is 6.42 Å². The minimum atomic E-state index is -0.0308. The highest BCUT2D eigenvalue weighted by Crippen LogP contribution is 2.23. The zero-order chi connectivity index (χ0) is 19.5. The van der Waals surface area contributed by atoms with Crippen molar-refractivity contribution in [3.05, 3.63) is 52.4 Å². The van der Waals surface area contributed by atoms with Gasteiger partial charge in [-0.05, 0) is 50.2 Å². The molecule has 1 aliphatic heterocycles. The number of benzene rings is 1. The van der Waals surface area contributed by atoms with Crippen LogP contribution in [0.4, 0.5) is 5.69 Å². The molecule has 0 bridgehead atoms. The van der Waals surface area contributed by atoms with E-state index in [1.165, 1.54) is 19.3 Å². The van der Waals surface area contributed by atoms with Gasteiger partial charge in [-0.25, -0.2) is 15.0 Å². The fourth-order valence-electron chi connectivity index (χ4n) is 3.57. The Labute approximate surface area is 172 Å². The first kappa shape index (κ1) is 19.0. The molecule has 3 heterocycles. The number of pyridine rings is 1. The molecule has 1 aromatic carbocycles. The number of fused-ring (bicyclic) bond motifs is 1. The predicted molar refractivity (Wildman–Crippen MR) is 113 cm³/mol. The molecule has 4 rings (SSSR count). The van der Waals surface area contributed by atoms with E-state index in [0.29, 0.717) is 22.4 Å². The number of aromatic nitrogens is 3. The van der Waals surface area contributed by atoms with E-state index in [0.717, 1.165) is 41.4 Å². The van der Waals surface area contributed by atoms with Gasteiger partial charge in [0.05, 0.1) is 11.2 Å². The fraction of sp³-hybridized carbons (Fsp3) is 0.350. The summed E-state index contributed by atoms with van der Waals surface area (Å²) < 4.78 is 0.832. The van der Waals surface area contributed by atoms with Crippen molar-refractivity contribution >= 4 is 38.6 Å². The number of likely N-dealkylation sites (tertiary alicyclic amines) is 1. The highest BCUT2D eigenvalue weighted by Gasteiger charge is 2.18. The molecular formula is C20H23BrN6O. The summed E-state index contributed by atoms with van der Waals surface area (Å²) in [6.45, 7) is 3.28. The van der Waals surface area contributed by atoms with Crippen LogP contribution in [0.5, 0.6) is 0 Å². The maximum atomic E-state index is 10.5. The summed E-state index contributed by atoms with van der Waals surface area (Å²) in [5, 5.41) is 19.9. The molecule has 0 spiro atoms. The van der Waals surface area contributed by atoms with Gasteiger partial charge in [0.25, 0.3) is 0 Å². The zero-order valence-electron chi connectivity index (χ0n) is 15.5. The third-order valence-corrected chi connectivity index (χ3v) is 5.57. The third-order valence-electron chi connectivity index (χ3n) is 5.07. The first-order valence-corrected chi connectivity index (χ1v) is 10.3. The summed E-state index contributed by atoms with van der Waals surface area (Å²) in [5.74, 6) is 0.831. The molecule has 0 aliphatic carbocycles. The lowest BCUT2D eigenvalue weighted by Gasteiger charge is -2.25. The molecule has 0 saturated carbocycles. The smallest absolute Gasteiger partial charge is 0.178 e. The first-order valence-electron chi connectivity index (χ1n) is 9.51. The second-order valence-electron chi connectivity index (χ2n) is 7.03. The van der Waals surface area contributed by atoms with Crippen LogP contribution in [0.25, 0.3) is 11.2 Å². The van der Waals surface area contributed by atoms with Crippen LogP contribution in [0, 0.1) is 5.41 Å². The summed E-state index contributed by atoms with van der Waals surface area (Å²) in [7, 11) is 0. The van der Waals surface area contributed by atoms with Crippen LogP contribution in [0.2, 0.25) is 0 Å².